The maximum atomic E-state index is 5.58. The third-order valence-electron chi connectivity index (χ3n) is 6.54. The molecule has 0 aliphatic heterocycles. The smallest absolute Gasteiger partial charge is 0.167 e. The molecule has 24 heavy (non-hydrogen) atoms. The van der Waals surface area contributed by atoms with Crippen molar-refractivity contribution in [3.8, 4) is 11.3 Å². The SMILES string of the molecule is CSc1ccc(-c2cc(CNC34CC5CC(CC3C5)C4)no2)cc1. The molecular formula is C20H24N2OS. The van der Waals surface area contributed by atoms with Gasteiger partial charge in [-0.2, -0.15) is 0 Å². The zero-order valence-electron chi connectivity index (χ0n) is 14.1. The Hall–Kier alpha value is -1.26. The third-order valence-corrected chi connectivity index (χ3v) is 7.29. The van der Waals surface area contributed by atoms with Crippen molar-refractivity contribution < 1.29 is 4.52 Å². The molecule has 1 aromatic carbocycles. The summed E-state index contributed by atoms with van der Waals surface area (Å²) in [5.74, 6) is 3.75. The van der Waals surface area contributed by atoms with E-state index in [0.29, 0.717) is 5.54 Å². The second-order valence-corrected chi connectivity index (χ2v) is 8.84. The summed E-state index contributed by atoms with van der Waals surface area (Å²) in [7, 11) is 0. The Morgan fingerprint density at radius 1 is 1.17 bits per heavy atom. The lowest BCUT2D eigenvalue weighted by molar-refractivity contribution is 0.231. The lowest BCUT2D eigenvalue weighted by Gasteiger charge is -2.33. The van der Waals surface area contributed by atoms with Crippen molar-refractivity contribution in [2.45, 2.75) is 49.1 Å². The summed E-state index contributed by atoms with van der Waals surface area (Å²) >= 11 is 1.76. The molecule has 2 unspecified atom stereocenters. The zero-order chi connectivity index (χ0) is 16.1. The van der Waals surface area contributed by atoms with Gasteiger partial charge in [0.2, 0.25) is 0 Å². The molecule has 2 atom stereocenters. The fourth-order valence-electron chi connectivity index (χ4n) is 5.64. The summed E-state index contributed by atoms with van der Waals surface area (Å²) in [5.41, 5.74) is 2.54. The van der Waals surface area contributed by atoms with Crippen molar-refractivity contribution >= 4 is 11.8 Å². The van der Waals surface area contributed by atoms with Gasteiger partial charge in [-0.05, 0) is 68.2 Å². The molecule has 0 radical (unpaired) electrons. The maximum Gasteiger partial charge on any atom is 0.167 e. The highest BCUT2D eigenvalue weighted by Crippen LogP contribution is 2.60. The first-order valence-corrected chi connectivity index (χ1v) is 10.3. The van der Waals surface area contributed by atoms with Gasteiger partial charge in [-0.3, -0.25) is 0 Å². The zero-order valence-corrected chi connectivity index (χ0v) is 14.9. The molecule has 0 amide bonds. The Balaban J connectivity index is 1.28. The molecule has 4 aliphatic rings. The molecule has 0 saturated heterocycles. The second kappa shape index (κ2) is 5.63. The van der Waals surface area contributed by atoms with E-state index in [0.717, 1.165) is 41.3 Å². The van der Waals surface area contributed by atoms with Crippen LogP contribution in [0.3, 0.4) is 0 Å². The van der Waals surface area contributed by atoms with Crippen molar-refractivity contribution in [1.82, 2.24) is 10.5 Å². The minimum absolute atomic E-state index is 0.409. The number of hydrogen-bond acceptors (Lipinski definition) is 4. The van der Waals surface area contributed by atoms with Crippen LogP contribution in [0.15, 0.2) is 39.8 Å². The number of benzene rings is 1. The molecule has 4 heteroatoms. The van der Waals surface area contributed by atoms with Gasteiger partial charge in [-0.1, -0.05) is 17.3 Å². The average molecular weight is 340 g/mol. The van der Waals surface area contributed by atoms with Crippen molar-refractivity contribution in [3.05, 3.63) is 36.0 Å². The van der Waals surface area contributed by atoms with Crippen LogP contribution in [0.25, 0.3) is 11.3 Å². The van der Waals surface area contributed by atoms with Crippen LogP contribution >= 0.6 is 11.8 Å². The van der Waals surface area contributed by atoms with Gasteiger partial charge in [0.1, 0.15) is 0 Å². The topological polar surface area (TPSA) is 38.1 Å². The summed E-state index contributed by atoms with van der Waals surface area (Å²) in [6, 6.07) is 10.6. The quantitative estimate of drug-likeness (QED) is 0.799. The van der Waals surface area contributed by atoms with Gasteiger partial charge in [0.05, 0.1) is 5.69 Å². The summed E-state index contributed by atoms with van der Waals surface area (Å²) in [6.07, 6.45) is 9.25. The lowest BCUT2D eigenvalue weighted by Crippen LogP contribution is -2.45. The third kappa shape index (κ3) is 2.42. The predicted molar refractivity (Wildman–Crippen MR) is 96.8 cm³/mol. The average Bonchev–Trinajstić information content (AvgIpc) is 3.23. The molecule has 4 aliphatic carbocycles. The Morgan fingerprint density at radius 2 is 1.92 bits per heavy atom. The largest absolute Gasteiger partial charge is 0.356 e. The van der Waals surface area contributed by atoms with Crippen LogP contribution in [-0.2, 0) is 6.54 Å². The van der Waals surface area contributed by atoms with Crippen LogP contribution in [0.2, 0.25) is 0 Å². The summed E-state index contributed by atoms with van der Waals surface area (Å²) in [6.45, 7) is 0.836. The van der Waals surface area contributed by atoms with Gasteiger partial charge in [0.15, 0.2) is 5.76 Å². The molecule has 2 aromatic rings. The van der Waals surface area contributed by atoms with E-state index in [1.165, 1.54) is 37.0 Å². The minimum atomic E-state index is 0.409. The normalized spacial score (nSPS) is 33.5. The van der Waals surface area contributed by atoms with Crippen molar-refractivity contribution in [2.24, 2.45) is 17.8 Å². The van der Waals surface area contributed by atoms with Gasteiger partial charge >= 0.3 is 0 Å². The predicted octanol–water partition coefficient (Wildman–Crippen LogP) is 4.73. The first kappa shape index (κ1) is 15.0. The van der Waals surface area contributed by atoms with E-state index in [4.69, 9.17) is 4.52 Å². The van der Waals surface area contributed by atoms with Crippen LogP contribution in [0.5, 0.6) is 0 Å². The number of thioether (sulfide) groups is 1. The van der Waals surface area contributed by atoms with Gasteiger partial charge < -0.3 is 9.84 Å². The van der Waals surface area contributed by atoms with E-state index in [1.807, 2.05) is 0 Å². The van der Waals surface area contributed by atoms with Crippen molar-refractivity contribution in [2.75, 3.05) is 6.26 Å². The van der Waals surface area contributed by atoms with Gasteiger partial charge in [0, 0.05) is 28.6 Å². The number of hydrogen-bond donors (Lipinski definition) is 1. The number of nitrogens with zero attached hydrogens (tertiary/aromatic N) is 1. The molecule has 3 nitrogen and oxygen atoms in total. The van der Waals surface area contributed by atoms with Gasteiger partial charge in [-0.25, -0.2) is 0 Å². The first-order chi connectivity index (χ1) is 11.7. The van der Waals surface area contributed by atoms with Crippen LogP contribution < -0.4 is 5.32 Å². The molecule has 1 N–H and O–H groups in total. The van der Waals surface area contributed by atoms with E-state index in [2.05, 4.69) is 47.1 Å². The first-order valence-electron chi connectivity index (χ1n) is 9.09. The van der Waals surface area contributed by atoms with Gasteiger partial charge in [0.25, 0.3) is 0 Å². The van der Waals surface area contributed by atoms with Crippen molar-refractivity contribution in [1.29, 1.82) is 0 Å². The van der Waals surface area contributed by atoms with E-state index < -0.39 is 0 Å². The Labute approximate surface area is 147 Å². The summed E-state index contributed by atoms with van der Waals surface area (Å²) < 4.78 is 5.58. The maximum absolute atomic E-state index is 5.58. The minimum Gasteiger partial charge on any atom is -0.356 e. The Bertz CT molecular complexity index is 724. The van der Waals surface area contributed by atoms with E-state index in [-0.39, 0.29) is 0 Å². The standard InChI is InChI=1S/C20H24N2OS/c1-24-18-4-2-15(3-5-18)19-9-17(22-23-19)12-21-20-10-13-6-14(11-20)8-16(20)7-13/h2-5,9,13-14,16,21H,6-8,10-12H2,1H3. The Morgan fingerprint density at radius 3 is 2.62 bits per heavy atom. The molecule has 4 saturated carbocycles. The number of aromatic nitrogens is 1. The molecular weight excluding hydrogens is 316 g/mol. The van der Waals surface area contributed by atoms with Crippen LogP contribution in [-0.4, -0.2) is 17.0 Å². The molecule has 6 rings (SSSR count). The molecule has 126 valence electrons. The molecule has 0 spiro atoms. The Kier molecular flexibility index (Phi) is 3.53. The summed E-state index contributed by atoms with van der Waals surface area (Å²) in [5, 5.41) is 8.19. The number of nitrogens with one attached hydrogen (secondary N) is 1. The lowest BCUT2D eigenvalue weighted by atomic mass is 9.80. The van der Waals surface area contributed by atoms with E-state index in [1.54, 1.807) is 11.8 Å². The highest BCUT2D eigenvalue weighted by Gasteiger charge is 2.57. The van der Waals surface area contributed by atoms with E-state index >= 15 is 0 Å². The molecule has 4 fully saturated rings. The second-order valence-electron chi connectivity index (χ2n) is 7.97. The summed E-state index contributed by atoms with van der Waals surface area (Å²) in [4.78, 5) is 1.27. The molecule has 4 bridgehead atoms. The number of rotatable bonds is 5. The molecule has 1 heterocycles. The fraction of sp³-hybridized carbons (Fsp3) is 0.550. The van der Waals surface area contributed by atoms with Crippen LogP contribution in [0.1, 0.15) is 37.8 Å². The van der Waals surface area contributed by atoms with Crippen LogP contribution in [0, 0.1) is 17.8 Å². The highest BCUT2D eigenvalue weighted by molar-refractivity contribution is 7.98. The fourth-order valence-corrected chi connectivity index (χ4v) is 6.05. The van der Waals surface area contributed by atoms with Crippen LogP contribution in [0.4, 0.5) is 0 Å². The van der Waals surface area contributed by atoms with Crippen molar-refractivity contribution in [3.63, 3.8) is 0 Å². The highest BCUT2D eigenvalue weighted by atomic mass is 32.2. The van der Waals surface area contributed by atoms with E-state index in [9.17, 15) is 0 Å². The molecule has 1 aromatic heterocycles. The van der Waals surface area contributed by atoms with Gasteiger partial charge in [-0.15, -0.1) is 11.8 Å². The monoisotopic (exact) mass is 340 g/mol.